The Morgan fingerprint density at radius 3 is 2.68 bits per heavy atom. The monoisotopic (exact) mass is 398 g/mol. The van der Waals surface area contributed by atoms with Gasteiger partial charge in [0.05, 0.1) is 16.7 Å². The van der Waals surface area contributed by atoms with Gasteiger partial charge in [0.15, 0.2) is 11.0 Å². The zero-order valence-corrected chi connectivity index (χ0v) is 15.9. The van der Waals surface area contributed by atoms with Crippen molar-refractivity contribution < 1.29 is 13.6 Å². The maximum Gasteiger partial charge on any atom is 0.295 e. The summed E-state index contributed by atoms with van der Waals surface area (Å²) < 4.78 is 25.5. The van der Waals surface area contributed by atoms with Crippen molar-refractivity contribution in [2.75, 3.05) is 5.32 Å². The summed E-state index contributed by atoms with van der Waals surface area (Å²) in [5.41, 5.74) is 5.26. The third kappa shape index (κ3) is 3.50. The summed E-state index contributed by atoms with van der Waals surface area (Å²) in [4.78, 5) is 23.3. The fourth-order valence-corrected chi connectivity index (χ4v) is 3.52. The van der Waals surface area contributed by atoms with Crippen LogP contribution in [0.3, 0.4) is 0 Å². The normalized spacial score (nSPS) is 11.3. The van der Waals surface area contributed by atoms with E-state index in [-0.39, 0.29) is 5.91 Å². The molecule has 0 saturated carbocycles. The number of imidazole rings is 1. The van der Waals surface area contributed by atoms with Crippen LogP contribution in [0.5, 0.6) is 0 Å². The number of H-pyrrole nitrogens is 1. The Morgan fingerprint density at radius 1 is 1.11 bits per heavy atom. The van der Waals surface area contributed by atoms with Crippen molar-refractivity contribution in [1.29, 1.82) is 0 Å². The highest BCUT2D eigenvalue weighted by Crippen LogP contribution is 2.27. The third-order valence-corrected chi connectivity index (χ3v) is 5.25. The van der Waals surface area contributed by atoms with Crippen molar-refractivity contribution in [3.05, 3.63) is 64.3 Å². The fraction of sp³-hybridized carbons (Fsp3) is 0.150. The Labute approximate surface area is 163 Å². The first-order valence-electron chi connectivity index (χ1n) is 8.53. The minimum absolute atomic E-state index is 0.333. The van der Waals surface area contributed by atoms with Crippen LogP contribution in [0.1, 0.15) is 33.7 Å². The summed E-state index contributed by atoms with van der Waals surface area (Å²) in [7, 11) is 0. The second-order valence-corrected chi connectivity index (χ2v) is 7.30. The van der Waals surface area contributed by atoms with Crippen LogP contribution in [-0.2, 0) is 0 Å². The summed E-state index contributed by atoms with van der Waals surface area (Å²) in [6.45, 7) is 4.09. The predicted octanol–water partition coefficient (Wildman–Crippen LogP) is 5.49. The van der Waals surface area contributed by atoms with Crippen LogP contribution < -0.4 is 5.32 Å². The zero-order valence-electron chi connectivity index (χ0n) is 15.1. The lowest BCUT2D eigenvalue weighted by molar-refractivity contribution is 0.102. The summed E-state index contributed by atoms with van der Waals surface area (Å²) in [5.74, 6) is -0.776. The number of amides is 1. The lowest BCUT2D eigenvalue weighted by atomic mass is 10.1. The van der Waals surface area contributed by atoms with Crippen molar-refractivity contribution >= 4 is 33.4 Å². The van der Waals surface area contributed by atoms with Crippen LogP contribution in [0.15, 0.2) is 41.8 Å². The first-order chi connectivity index (χ1) is 13.4. The average molecular weight is 398 g/mol. The van der Waals surface area contributed by atoms with Crippen LogP contribution in [0.2, 0.25) is 0 Å². The van der Waals surface area contributed by atoms with Crippen molar-refractivity contribution in [3.63, 3.8) is 0 Å². The number of nitrogens with zero attached hydrogens (tertiary/aromatic N) is 2. The Hall–Kier alpha value is -3.13. The smallest absolute Gasteiger partial charge is 0.295 e. The topological polar surface area (TPSA) is 70.7 Å². The number of halogens is 2. The van der Waals surface area contributed by atoms with Gasteiger partial charge in [0.25, 0.3) is 12.3 Å². The third-order valence-electron chi connectivity index (χ3n) is 4.50. The zero-order chi connectivity index (χ0) is 19.8. The number of fused-ring (bicyclic) bond motifs is 1. The molecule has 0 radical (unpaired) electrons. The molecule has 8 heteroatoms. The van der Waals surface area contributed by atoms with E-state index in [0.717, 1.165) is 11.3 Å². The number of anilines is 1. The number of hydrogen-bond donors (Lipinski definition) is 2. The van der Waals surface area contributed by atoms with Gasteiger partial charge in [-0.2, -0.15) is 0 Å². The first-order valence-corrected chi connectivity index (χ1v) is 9.41. The molecular formula is C20H16F2N4OS. The molecule has 0 saturated heterocycles. The summed E-state index contributed by atoms with van der Waals surface area (Å²) in [5, 5.41) is 5.11. The first kappa shape index (κ1) is 18.2. The Balaban J connectivity index is 1.54. The molecule has 1 amide bonds. The molecule has 0 atom stereocenters. The van der Waals surface area contributed by atoms with Crippen molar-refractivity contribution in [1.82, 2.24) is 15.0 Å². The molecule has 0 aliphatic heterocycles. The molecular weight excluding hydrogens is 382 g/mol. The molecule has 142 valence electrons. The number of alkyl halides is 2. The van der Waals surface area contributed by atoms with Gasteiger partial charge >= 0.3 is 0 Å². The highest BCUT2D eigenvalue weighted by molar-refractivity contribution is 7.14. The molecule has 28 heavy (non-hydrogen) atoms. The van der Waals surface area contributed by atoms with E-state index in [2.05, 4.69) is 26.3 Å². The van der Waals surface area contributed by atoms with Gasteiger partial charge in [-0.15, -0.1) is 11.3 Å². The Bertz CT molecular complexity index is 1180. The second-order valence-electron chi connectivity index (χ2n) is 6.45. The molecule has 2 N–H and O–H groups in total. The number of aromatic amines is 1. The molecule has 2 heterocycles. The van der Waals surface area contributed by atoms with E-state index in [1.807, 2.05) is 31.4 Å². The van der Waals surface area contributed by atoms with Gasteiger partial charge in [-0.25, -0.2) is 18.7 Å². The van der Waals surface area contributed by atoms with E-state index in [1.165, 1.54) is 34.6 Å². The van der Waals surface area contributed by atoms with Gasteiger partial charge in [-0.05, 0) is 49.2 Å². The van der Waals surface area contributed by atoms with Crippen LogP contribution in [0.4, 0.5) is 13.9 Å². The molecule has 0 spiro atoms. The molecule has 4 rings (SSSR count). The number of aryl methyl sites for hydroxylation is 2. The summed E-state index contributed by atoms with van der Waals surface area (Å²) in [6.07, 6.45) is -2.69. The predicted molar refractivity (Wildman–Crippen MR) is 106 cm³/mol. The number of thiazole rings is 1. The van der Waals surface area contributed by atoms with E-state index < -0.39 is 12.2 Å². The number of aromatic nitrogens is 3. The van der Waals surface area contributed by atoms with Gasteiger partial charge in [0.1, 0.15) is 0 Å². The minimum Gasteiger partial charge on any atom is -0.337 e. The van der Waals surface area contributed by atoms with E-state index in [4.69, 9.17) is 0 Å². The summed E-state index contributed by atoms with van der Waals surface area (Å²) in [6, 6.07) is 10.7. The van der Waals surface area contributed by atoms with Crippen LogP contribution in [0.25, 0.3) is 22.3 Å². The number of hydrogen-bond acceptors (Lipinski definition) is 4. The van der Waals surface area contributed by atoms with E-state index in [0.29, 0.717) is 21.7 Å². The summed E-state index contributed by atoms with van der Waals surface area (Å²) >= 11 is 1.33. The molecule has 5 nitrogen and oxygen atoms in total. The molecule has 0 unspecified atom stereocenters. The molecule has 0 fully saturated rings. The second kappa shape index (κ2) is 7.12. The van der Waals surface area contributed by atoms with Gasteiger partial charge in [0.2, 0.25) is 0 Å². The van der Waals surface area contributed by atoms with Crippen molar-refractivity contribution in [2.45, 2.75) is 20.3 Å². The largest absolute Gasteiger partial charge is 0.337 e. The lowest BCUT2D eigenvalue weighted by Crippen LogP contribution is -2.11. The van der Waals surface area contributed by atoms with Gasteiger partial charge in [0, 0.05) is 16.5 Å². The number of carbonyl (C=O) groups excluding carboxylic acids is 1. The highest BCUT2D eigenvalue weighted by atomic mass is 32.1. The molecule has 0 bridgehead atoms. The lowest BCUT2D eigenvalue weighted by Gasteiger charge is -2.03. The van der Waals surface area contributed by atoms with Crippen LogP contribution in [-0.4, -0.2) is 20.9 Å². The quantitative estimate of drug-likeness (QED) is 0.477. The number of benzene rings is 2. The molecule has 2 aromatic carbocycles. The fourth-order valence-electron chi connectivity index (χ4n) is 2.81. The maximum absolute atomic E-state index is 12.8. The van der Waals surface area contributed by atoms with Crippen molar-refractivity contribution in [2.24, 2.45) is 0 Å². The molecule has 0 aliphatic rings. The van der Waals surface area contributed by atoms with E-state index in [9.17, 15) is 13.6 Å². The van der Waals surface area contributed by atoms with E-state index >= 15 is 0 Å². The number of carbonyl (C=O) groups is 1. The maximum atomic E-state index is 12.8. The van der Waals surface area contributed by atoms with Gasteiger partial charge in [-0.3, -0.25) is 10.1 Å². The number of rotatable bonds is 4. The van der Waals surface area contributed by atoms with Gasteiger partial charge < -0.3 is 4.98 Å². The molecule has 0 aliphatic carbocycles. The van der Waals surface area contributed by atoms with Crippen LogP contribution in [0, 0.1) is 13.8 Å². The Kier molecular flexibility index (Phi) is 4.64. The average Bonchev–Trinajstić information content (AvgIpc) is 3.30. The minimum atomic E-state index is -2.69. The Morgan fingerprint density at radius 2 is 1.93 bits per heavy atom. The van der Waals surface area contributed by atoms with E-state index in [1.54, 1.807) is 6.07 Å². The standard InChI is InChI=1S/C20H16F2N4OS/c1-10-3-4-12(7-11(10)2)16-9-28-20(25-16)26-19(27)13-5-6-14-15(8-13)24-18(23-14)17(21)22/h3-9,17H,1-2H3,(H,23,24)(H,25,26,27). The SMILES string of the molecule is Cc1ccc(-c2csc(NC(=O)c3ccc4nc(C(F)F)[nH]c4c3)n2)cc1C. The highest BCUT2D eigenvalue weighted by Gasteiger charge is 2.15. The van der Waals surface area contributed by atoms with Gasteiger partial charge in [-0.1, -0.05) is 12.1 Å². The van der Waals surface area contributed by atoms with Crippen LogP contribution >= 0.6 is 11.3 Å². The number of nitrogens with one attached hydrogen (secondary N) is 2. The molecule has 2 aromatic heterocycles. The molecule has 4 aromatic rings. The van der Waals surface area contributed by atoms with Crippen molar-refractivity contribution in [3.8, 4) is 11.3 Å².